The van der Waals surface area contributed by atoms with Gasteiger partial charge in [0.05, 0.1) is 0 Å². The summed E-state index contributed by atoms with van der Waals surface area (Å²) in [5.41, 5.74) is 3.50. The summed E-state index contributed by atoms with van der Waals surface area (Å²) in [6.45, 7) is 0. The molecular weight excluding hydrogens is 216 g/mol. The van der Waals surface area contributed by atoms with Gasteiger partial charge < -0.3 is 9.36 Å². The standard InChI is InChI=1S/C8H5N4O2S/c1-3-13-10-8(1)12-9-5-7(14-12)6-2-4-15-11-6/h1-4,9H. The predicted molar refractivity (Wildman–Crippen MR) is 52.0 cm³/mol. The Bertz CT molecular complexity index is 465. The van der Waals surface area contributed by atoms with Gasteiger partial charge in [-0.05, 0) is 17.6 Å². The van der Waals surface area contributed by atoms with E-state index in [1.807, 2.05) is 11.4 Å². The van der Waals surface area contributed by atoms with Gasteiger partial charge in [0.25, 0.3) is 0 Å². The molecule has 7 heteroatoms. The molecule has 0 amide bonds. The van der Waals surface area contributed by atoms with Crippen LogP contribution >= 0.6 is 11.5 Å². The summed E-state index contributed by atoms with van der Waals surface area (Å²) in [6, 6.07) is 3.51. The maximum atomic E-state index is 5.40. The topological polar surface area (TPSA) is 63.4 Å². The Morgan fingerprint density at radius 3 is 3.20 bits per heavy atom. The molecule has 0 spiro atoms. The molecule has 2 aromatic rings. The zero-order valence-corrected chi connectivity index (χ0v) is 8.19. The summed E-state index contributed by atoms with van der Waals surface area (Å²) in [5.74, 6) is 1.05. The van der Waals surface area contributed by atoms with Crippen molar-refractivity contribution in [2.24, 2.45) is 0 Å². The lowest BCUT2D eigenvalue weighted by Crippen LogP contribution is -2.28. The van der Waals surface area contributed by atoms with Crippen molar-refractivity contribution in [1.82, 2.24) is 15.0 Å². The van der Waals surface area contributed by atoms with Crippen LogP contribution in [0.15, 0.2) is 28.3 Å². The van der Waals surface area contributed by atoms with E-state index < -0.39 is 0 Å². The van der Waals surface area contributed by atoms with E-state index in [-0.39, 0.29) is 0 Å². The van der Waals surface area contributed by atoms with E-state index in [0.717, 1.165) is 5.69 Å². The van der Waals surface area contributed by atoms with Crippen molar-refractivity contribution in [1.29, 1.82) is 0 Å². The van der Waals surface area contributed by atoms with E-state index in [9.17, 15) is 0 Å². The molecule has 0 aromatic carbocycles. The highest BCUT2D eigenvalue weighted by molar-refractivity contribution is 7.03. The fourth-order valence-electron chi connectivity index (χ4n) is 1.09. The molecule has 3 heterocycles. The molecule has 0 aliphatic carbocycles. The van der Waals surface area contributed by atoms with Crippen molar-refractivity contribution >= 4 is 23.1 Å². The van der Waals surface area contributed by atoms with Gasteiger partial charge in [-0.2, -0.15) is 4.37 Å². The van der Waals surface area contributed by atoms with Crippen LogP contribution in [0, 0.1) is 6.20 Å². The number of hydrazine groups is 1. The molecular formula is C8H5N4O2S. The summed E-state index contributed by atoms with van der Waals surface area (Å²) in [5, 5.41) is 6.92. The first kappa shape index (κ1) is 8.30. The number of hydrogen-bond donors (Lipinski definition) is 1. The fraction of sp³-hybridized carbons (Fsp3) is 0. The van der Waals surface area contributed by atoms with Crippen LogP contribution < -0.4 is 10.6 Å². The molecule has 1 aliphatic rings. The summed E-state index contributed by atoms with van der Waals surface area (Å²) in [4.78, 5) is 5.40. The molecule has 0 atom stereocenters. The van der Waals surface area contributed by atoms with Crippen LogP contribution in [-0.4, -0.2) is 9.53 Å². The minimum absolute atomic E-state index is 0.521. The average molecular weight is 221 g/mol. The van der Waals surface area contributed by atoms with Crippen molar-refractivity contribution in [2.45, 2.75) is 0 Å². The lowest BCUT2D eigenvalue weighted by Gasteiger charge is -2.12. The molecule has 75 valence electrons. The van der Waals surface area contributed by atoms with Crippen molar-refractivity contribution in [3.63, 3.8) is 0 Å². The molecule has 2 aromatic heterocycles. The van der Waals surface area contributed by atoms with Crippen LogP contribution in [0.1, 0.15) is 5.69 Å². The van der Waals surface area contributed by atoms with Crippen LogP contribution in [0.25, 0.3) is 5.76 Å². The van der Waals surface area contributed by atoms with Gasteiger partial charge in [-0.1, -0.05) is 10.3 Å². The Labute approximate surface area is 88.8 Å². The van der Waals surface area contributed by atoms with Crippen LogP contribution in [-0.2, 0) is 4.84 Å². The Kier molecular flexibility index (Phi) is 1.82. The molecule has 3 rings (SSSR count). The minimum Gasteiger partial charge on any atom is -0.362 e. The maximum Gasteiger partial charge on any atom is 0.230 e. The zero-order valence-electron chi connectivity index (χ0n) is 7.38. The smallest absolute Gasteiger partial charge is 0.230 e. The molecule has 0 fully saturated rings. The van der Waals surface area contributed by atoms with Gasteiger partial charge in [0, 0.05) is 11.4 Å². The van der Waals surface area contributed by atoms with Gasteiger partial charge in [0.1, 0.15) is 18.2 Å². The van der Waals surface area contributed by atoms with Crippen molar-refractivity contribution < 1.29 is 9.36 Å². The summed E-state index contributed by atoms with van der Waals surface area (Å²) >= 11 is 1.35. The maximum absolute atomic E-state index is 5.40. The number of nitrogens with one attached hydrogen (secondary N) is 1. The van der Waals surface area contributed by atoms with Gasteiger partial charge in [-0.3, -0.25) is 5.43 Å². The second-order valence-electron chi connectivity index (χ2n) is 2.69. The van der Waals surface area contributed by atoms with E-state index in [1.165, 1.54) is 23.0 Å². The van der Waals surface area contributed by atoms with Gasteiger partial charge in [0.15, 0.2) is 0 Å². The van der Waals surface area contributed by atoms with Crippen LogP contribution in [0.2, 0.25) is 0 Å². The quantitative estimate of drug-likeness (QED) is 0.821. The molecule has 6 nitrogen and oxygen atoms in total. The Balaban J connectivity index is 1.78. The highest BCUT2D eigenvalue weighted by atomic mass is 32.1. The number of aromatic nitrogens is 2. The summed E-state index contributed by atoms with van der Waals surface area (Å²) < 4.78 is 8.81. The lowest BCUT2D eigenvalue weighted by atomic mass is 10.4. The molecule has 0 saturated heterocycles. The third-order valence-corrected chi connectivity index (χ3v) is 2.32. The number of nitrogens with zero attached hydrogens (tertiary/aromatic N) is 3. The Hall–Kier alpha value is -2.02. The molecule has 1 aliphatic heterocycles. The highest BCUT2D eigenvalue weighted by Crippen LogP contribution is 2.22. The second-order valence-corrected chi connectivity index (χ2v) is 3.36. The van der Waals surface area contributed by atoms with E-state index in [2.05, 4.69) is 21.2 Å². The monoisotopic (exact) mass is 221 g/mol. The van der Waals surface area contributed by atoms with Crippen molar-refractivity contribution in [3.05, 3.63) is 35.7 Å². The third kappa shape index (κ3) is 1.42. The third-order valence-electron chi connectivity index (χ3n) is 1.76. The number of anilines is 1. The van der Waals surface area contributed by atoms with Crippen LogP contribution in [0.5, 0.6) is 0 Å². The second kappa shape index (κ2) is 3.28. The van der Waals surface area contributed by atoms with Gasteiger partial charge in [-0.25, -0.2) is 0 Å². The van der Waals surface area contributed by atoms with E-state index in [1.54, 1.807) is 6.07 Å². The molecule has 1 radical (unpaired) electrons. The number of rotatable bonds is 2. The van der Waals surface area contributed by atoms with Crippen molar-refractivity contribution in [2.75, 3.05) is 5.17 Å². The van der Waals surface area contributed by atoms with E-state index in [0.29, 0.717) is 11.6 Å². The Morgan fingerprint density at radius 1 is 1.47 bits per heavy atom. The largest absolute Gasteiger partial charge is 0.362 e. The normalized spacial score (nSPS) is 14.7. The highest BCUT2D eigenvalue weighted by Gasteiger charge is 2.21. The summed E-state index contributed by atoms with van der Waals surface area (Å²) in [6.07, 6.45) is 4.29. The first-order chi connectivity index (χ1) is 7.43. The molecule has 1 N–H and O–H groups in total. The average Bonchev–Trinajstić information content (AvgIpc) is 3.02. The van der Waals surface area contributed by atoms with Gasteiger partial charge >= 0.3 is 0 Å². The first-order valence-corrected chi connectivity index (χ1v) is 4.95. The first-order valence-electron chi connectivity index (χ1n) is 4.11. The van der Waals surface area contributed by atoms with E-state index >= 15 is 0 Å². The van der Waals surface area contributed by atoms with Crippen LogP contribution in [0.3, 0.4) is 0 Å². The lowest BCUT2D eigenvalue weighted by molar-refractivity contribution is 0.234. The SMILES string of the molecule is [C]1=C(c2ccsn2)ON(c2ccon2)N1. The fourth-order valence-corrected chi connectivity index (χ4v) is 1.60. The van der Waals surface area contributed by atoms with E-state index in [4.69, 9.17) is 9.36 Å². The summed E-state index contributed by atoms with van der Waals surface area (Å²) in [7, 11) is 0. The van der Waals surface area contributed by atoms with Gasteiger partial charge in [0.2, 0.25) is 11.6 Å². The van der Waals surface area contributed by atoms with Crippen molar-refractivity contribution in [3.8, 4) is 0 Å². The minimum atomic E-state index is 0.521. The number of hydrogen-bond acceptors (Lipinski definition) is 7. The van der Waals surface area contributed by atoms with Crippen LogP contribution in [0.4, 0.5) is 5.82 Å². The van der Waals surface area contributed by atoms with Gasteiger partial charge in [-0.15, -0.1) is 0 Å². The molecule has 0 saturated carbocycles. The molecule has 0 unspecified atom stereocenters. The molecule has 15 heavy (non-hydrogen) atoms. The molecule has 0 bridgehead atoms. The zero-order chi connectivity index (χ0) is 10.1. The predicted octanol–water partition coefficient (Wildman–Crippen LogP) is 1.19. The Morgan fingerprint density at radius 2 is 2.47 bits per heavy atom.